The molecule has 0 unspecified atom stereocenters. The van der Waals surface area contributed by atoms with Crippen LogP contribution in [0, 0.1) is 0 Å². The highest BCUT2D eigenvalue weighted by atomic mass is 32.1. The van der Waals surface area contributed by atoms with E-state index in [9.17, 15) is 4.79 Å². The highest BCUT2D eigenvalue weighted by Crippen LogP contribution is 2.46. The zero-order valence-electron chi connectivity index (χ0n) is 10.4. The molecule has 0 bridgehead atoms. The molecule has 0 aromatic carbocycles. The SMILES string of the molecule is NC(=O)C1(c2ncc([C@@H]3CCCCO3)s2)CCC1. The van der Waals surface area contributed by atoms with Gasteiger partial charge in [-0.1, -0.05) is 6.42 Å². The van der Waals surface area contributed by atoms with Crippen molar-refractivity contribution in [2.75, 3.05) is 6.61 Å². The van der Waals surface area contributed by atoms with Gasteiger partial charge in [-0.3, -0.25) is 4.79 Å². The van der Waals surface area contributed by atoms with Crippen LogP contribution in [-0.2, 0) is 14.9 Å². The van der Waals surface area contributed by atoms with E-state index in [4.69, 9.17) is 10.5 Å². The maximum atomic E-state index is 11.6. The summed E-state index contributed by atoms with van der Waals surface area (Å²) in [7, 11) is 0. The quantitative estimate of drug-likeness (QED) is 0.913. The lowest BCUT2D eigenvalue weighted by Crippen LogP contribution is -2.46. The topological polar surface area (TPSA) is 65.2 Å². The Morgan fingerprint density at radius 1 is 1.44 bits per heavy atom. The zero-order valence-corrected chi connectivity index (χ0v) is 11.2. The molecule has 1 aromatic rings. The van der Waals surface area contributed by atoms with Crippen molar-refractivity contribution in [3.8, 4) is 0 Å². The summed E-state index contributed by atoms with van der Waals surface area (Å²) in [6.07, 6.45) is 8.23. The number of nitrogens with two attached hydrogens (primary N) is 1. The van der Waals surface area contributed by atoms with Crippen LogP contribution in [0.15, 0.2) is 6.20 Å². The van der Waals surface area contributed by atoms with Crippen LogP contribution < -0.4 is 5.73 Å². The fraction of sp³-hybridized carbons (Fsp3) is 0.692. The van der Waals surface area contributed by atoms with Gasteiger partial charge >= 0.3 is 0 Å². The van der Waals surface area contributed by atoms with Crippen molar-refractivity contribution in [1.82, 2.24) is 4.98 Å². The zero-order chi connectivity index (χ0) is 12.6. The molecule has 0 radical (unpaired) electrons. The standard InChI is InChI=1S/C13H18N2O2S/c14-11(16)13(5-3-6-13)12-15-8-10(18-12)9-4-1-2-7-17-9/h8-9H,1-7H2,(H2,14,16)/t9-/m0/s1. The minimum atomic E-state index is -0.475. The number of hydrogen-bond acceptors (Lipinski definition) is 4. The number of carbonyl (C=O) groups excluding carboxylic acids is 1. The molecular weight excluding hydrogens is 248 g/mol. The van der Waals surface area contributed by atoms with E-state index in [2.05, 4.69) is 4.98 Å². The number of rotatable bonds is 3. The van der Waals surface area contributed by atoms with E-state index in [1.54, 1.807) is 11.3 Å². The average molecular weight is 266 g/mol. The van der Waals surface area contributed by atoms with Crippen molar-refractivity contribution < 1.29 is 9.53 Å². The highest BCUT2D eigenvalue weighted by molar-refractivity contribution is 7.12. The summed E-state index contributed by atoms with van der Waals surface area (Å²) in [6, 6.07) is 0. The molecule has 1 aliphatic carbocycles. The lowest BCUT2D eigenvalue weighted by molar-refractivity contribution is -0.126. The third kappa shape index (κ3) is 1.86. The summed E-state index contributed by atoms with van der Waals surface area (Å²) < 4.78 is 5.76. The first-order chi connectivity index (χ1) is 8.72. The molecule has 1 saturated carbocycles. The molecule has 4 nitrogen and oxygen atoms in total. The molecular formula is C13H18N2O2S. The summed E-state index contributed by atoms with van der Waals surface area (Å²) in [5.41, 5.74) is 5.07. The molecule has 2 N–H and O–H groups in total. The normalized spacial score (nSPS) is 26.6. The fourth-order valence-corrected chi connectivity index (χ4v) is 3.97. The fourth-order valence-electron chi connectivity index (χ4n) is 2.72. The Morgan fingerprint density at radius 2 is 2.28 bits per heavy atom. The Morgan fingerprint density at radius 3 is 2.83 bits per heavy atom. The van der Waals surface area contributed by atoms with Crippen molar-refractivity contribution in [3.63, 3.8) is 0 Å². The van der Waals surface area contributed by atoms with Gasteiger partial charge in [0.25, 0.3) is 0 Å². The number of amides is 1. The smallest absolute Gasteiger partial charge is 0.230 e. The first-order valence-corrected chi connectivity index (χ1v) is 7.42. The molecule has 3 rings (SSSR count). The van der Waals surface area contributed by atoms with Crippen molar-refractivity contribution in [2.24, 2.45) is 5.73 Å². The predicted octanol–water partition coefficient (Wildman–Crippen LogP) is 2.29. The lowest BCUT2D eigenvalue weighted by atomic mass is 9.69. The van der Waals surface area contributed by atoms with E-state index < -0.39 is 5.41 Å². The van der Waals surface area contributed by atoms with E-state index >= 15 is 0 Å². The molecule has 2 heterocycles. The van der Waals surface area contributed by atoms with Gasteiger partial charge in [-0.25, -0.2) is 4.98 Å². The highest BCUT2D eigenvalue weighted by Gasteiger charge is 2.47. The molecule has 1 saturated heterocycles. The van der Waals surface area contributed by atoms with Crippen LogP contribution in [0.4, 0.5) is 0 Å². The first kappa shape index (κ1) is 12.1. The van der Waals surface area contributed by atoms with Gasteiger partial charge in [0.2, 0.25) is 5.91 Å². The summed E-state index contributed by atoms with van der Waals surface area (Å²) in [5, 5.41) is 0.894. The molecule has 2 fully saturated rings. The van der Waals surface area contributed by atoms with E-state index in [1.165, 1.54) is 6.42 Å². The van der Waals surface area contributed by atoms with Crippen LogP contribution in [0.2, 0.25) is 0 Å². The third-order valence-corrected chi connectivity index (χ3v) is 5.40. The third-order valence-electron chi connectivity index (χ3n) is 4.11. The van der Waals surface area contributed by atoms with E-state index in [1.807, 2.05) is 6.20 Å². The largest absolute Gasteiger partial charge is 0.373 e. The second kappa shape index (κ2) is 4.63. The number of primary amides is 1. The molecule has 2 aliphatic rings. The van der Waals surface area contributed by atoms with Gasteiger partial charge in [-0.15, -0.1) is 11.3 Å². The maximum Gasteiger partial charge on any atom is 0.230 e. The number of carbonyl (C=O) groups is 1. The molecule has 5 heteroatoms. The van der Waals surface area contributed by atoms with Gasteiger partial charge in [0.1, 0.15) is 10.4 Å². The summed E-state index contributed by atoms with van der Waals surface area (Å²) in [6.45, 7) is 0.832. The van der Waals surface area contributed by atoms with Crippen molar-refractivity contribution in [1.29, 1.82) is 0 Å². The number of nitrogens with zero attached hydrogens (tertiary/aromatic N) is 1. The van der Waals surface area contributed by atoms with Gasteiger partial charge < -0.3 is 10.5 Å². The number of hydrogen-bond donors (Lipinski definition) is 1. The Kier molecular flexibility index (Phi) is 3.11. The molecule has 0 spiro atoms. The average Bonchev–Trinajstić information content (AvgIpc) is 2.78. The van der Waals surface area contributed by atoms with E-state index in [0.29, 0.717) is 0 Å². The second-order valence-electron chi connectivity index (χ2n) is 5.22. The summed E-state index contributed by atoms with van der Waals surface area (Å²) in [4.78, 5) is 17.2. The molecule has 1 amide bonds. The Labute approximate surface area is 111 Å². The summed E-state index contributed by atoms with van der Waals surface area (Å²) >= 11 is 1.61. The number of thiazole rings is 1. The van der Waals surface area contributed by atoms with Gasteiger partial charge in [0.05, 0.1) is 11.0 Å². The van der Waals surface area contributed by atoms with E-state index in [-0.39, 0.29) is 12.0 Å². The maximum absolute atomic E-state index is 11.6. The predicted molar refractivity (Wildman–Crippen MR) is 69.4 cm³/mol. The van der Waals surface area contributed by atoms with Gasteiger partial charge in [-0.05, 0) is 32.1 Å². The van der Waals surface area contributed by atoms with Crippen LogP contribution in [0.5, 0.6) is 0 Å². The Hall–Kier alpha value is -0.940. The molecule has 1 aromatic heterocycles. The molecule has 98 valence electrons. The van der Waals surface area contributed by atoms with Crippen molar-refractivity contribution >= 4 is 17.2 Å². The van der Waals surface area contributed by atoms with Crippen LogP contribution in [0.1, 0.15) is 54.5 Å². The monoisotopic (exact) mass is 266 g/mol. The van der Waals surface area contributed by atoms with E-state index in [0.717, 1.165) is 48.6 Å². The lowest BCUT2D eigenvalue weighted by Gasteiger charge is -2.36. The molecule has 1 aliphatic heterocycles. The van der Waals surface area contributed by atoms with Crippen LogP contribution in [0.25, 0.3) is 0 Å². The van der Waals surface area contributed by atoms with Crippen LogP contribution >= 0.6 is 11.3 Å². The van der Waals surface area contributed by atoms with Crippen molar-refractivity contribution in [2.45, 2.75) is 50.0 Å². The first-order valence-electron chi connectivity index (χ1n) is 6.60. The molecule has 1 atom stereocenters. The van der Waals surface area contributed by atoms with Gasteiger partial charge in [0, 0.05) is 12.8 Å². The van der Waals surface area contributed by atoms with Crippen molar-refractivity contribution in [3.05, 3.63) is 16.1 Å². The number of aromatic nitrogens is 1. The number of ether oxygens (including phenoxy) is 1. The Balaban J connectivity index is 1.82. The second-order valence-corrected chi connectivity index (χ2v) is 6.29. The van der Waals surface area contributed by atoms with Crippen LogP contribution in [-0.4, -0.2) is 17.5 Å². The minimum absolute atomic E-state index is 0.176. The van der Waals surface area contributed by atoms with Gasteiger partial charge in [-0.2, -0.15) is 0 Å². The minimum Gasteiger partial charge on any atom is -0.373 e. The summed E-state index contributed by atoms with van der Waals surface area (Å²) in [5.74, 6) is -0.223. The molecule has 18 heavy (non-hydrogen) atoms. The Bertz CT molecular complexity index is 448. The van der Waals surface area contributed by atoms with Gasteiger partial charge in [0.15, 0.2) is 0 Å². The van der Waals surface area contributed by atoms with Crippen LogP contribution in [0.3, 0.4) is 0 Å².